The zero-order valence-electron chi connectivity index (χ0n) is 23.1. The molecule has 1 aliphatic rings. The summed E-state index contributed by atoms with van der Waals surface area (Å²) in [7, 11) is 1.55. The first-order valence-electron chi connectivity index (χ1n) is 12.6. The second-order valence-electron chi connectivity index (χ2n) is 10.4. The number of nitrogens with zero attached hydrogens (tertiary/aromatic N) is 2. The summed E-state index contributed by atoms with van der Waals surface area (Å²) in [5, 5.41) is 11.6. The Balaban J connectivity index is 1.92. The lowest BCUT2D eigenvalue weighted by molar-refractivity contribution is -0.132. The SMILES string of the molecule is CCOC(=O)c1sc(N2C(=O)C(=O)/C(=C(/O)c3ccc(OC)c(C)c3)C2c2ccc(C(C)(C)C)cc2)nc1C. The number of Topliss-reactive ketones (excluding diaryl/α,β-unsaturated/α-hetero) is 1. The van der Waals surface area contributed by atoms with E-state index in [-0.39, 0.29) is 33.4 Å². The molecule has 0 saturated carbocycles. The van der Waals surface area contributed by atoms with Crippen LogP contribution in [-0.2, 0) is 19.7 Å². The molecule has 1 aliphatic heterocycles. The molecular formula is C30H32N2O6S. The third-order valence-electron chi connectivity index (χ3n) is 6.66. The van der Waals surface area contributed by atoms with Gasteiger partial charge in [0.05, 0.1) is 31.0 Å². The number of ketones is 1. The fraction of sp³-hybridized carbons (Fsp3) is 0.333. The summed E-state index contributed by atoms with van der Waals surface area (Å²) in [6, 6.07) is 11.7. The highest BCUT2D eigenvalue weighted by Crippen LogP contribution is 2.44. The van der Waals surface area contributed by atoms with E-state index >= 15 is 0 Å². The van der Waals surface area contributed by atoms with Crippen molar-refractivity contribution < 1.29 is 29.0 Å². The van der Waals surface area contributed by atoms with Gasteiger partial charge in [-0.05, 0) is 61.1 Å². The fourth-order valence-electron chi connectivity index (χ4n) is 4.56. The van der Waals surface area contributed by atoms with Crippen molar-refractivity contribution in [2.24, 2.45) is 0 Å². The Bertz CT molecular complexity index is 1480. The highest BCUT2D eigenvalue weighted by Gasteiger charge is 2.48. The standard InChI is InChI=1S/C30H32N2O6S/c1-8-38-28(36)26-17(3)31-29(39-26)32-23(18-9-12-20(13-10-18)30(4,5)6)22(25(34)27(32)35)24(33)19-11-14-21(37-7)16(2)15-19/h9-15,23,33H,8H2,1-7H3/b24-22+. The minimum Gasteiger partial charge on any atom is -0.507 e. The molecule has 0 radical (unpaired) electrons. The predicted octanol–water partition coefficient (Wildman–Crippen LogP) is 5.87. The van der Waals surface area contributed by atoms with Crippen molar-refractivity contribution in [3.8, 4) is 5.75 Å². The molecule has 3 aromatic rings. The number of aryl methyl sites for hydroxylation is 2. The molecule has 8 nitrogen and oxygen atoms in total. The number of amides is 1. The Morgan fingerprint density at radius 1 is 1.10 bits per heavy atom. The van der Waals surface area contributed by atoms with Crippen molar-refractivity contribution in [1.29, 1.82) is 0 Å². The third kappa shape index (κ3) is 5.18. The van der Waals surface area contributed by atoms with Crippen LogP contribution in [0.4, 0.5) is 5.13 Å². The van der Waals surface area contributed by atoms with Crippen LogP contribution in [0.2, 0.25) is 0 Å². The lowest BCUT2D eigenvalue weighted by Crippen LogP contribution is -2.29. The summed E-state index contributed by atoms with van der Waals surface area (Å²) >= 11 is 0.980. The number of thiazole rings is 1. The first kappa shape index (κ1) is 28.0. The van der Waals surface area contributed by atoms with E-state index in [4.69, 9.17) is 9.47 Å². The Labute approximate surface area is 231 Å². The van der Waals surface area contributed by atoms with E-state index in [2.05, 4.69) is 25.8 Å². The van der Waals surface area contributed by atoms with E-state index in [0.29, 0.717) is 22.6 Å². The molecule has 0 spiro atoms. The summed E-state index contributed by atoms with van der Waals surface area (Å²) in [6.07, 6.45) is 0. The normalized spacial score (nSPS) is 17.0. The molecule has 9 heteroatoms. The fourth-order valence-corrected chi connectivity index (χ4v) is 5.55. The van der Waals surface area contributed by atoms with Gasteiger partial charge in [0.25, 0.3) is 5.78 Å². The van der Waals surface area contributed by atoms with Gasteiger partial charge in [0.15, 0.2) is 5.13 Å². The Morgan fingerprint density at radius 3 is 2.33 bits per heavy atom. The van der Waals surface area contributed by atoms with Crippen molar-refractivity contribution in [3.63, 3.8) is 0 Å². The van der Waals surface area contributed by atoms with Crippen molar-refractivity contribution in [2.75, 3.05) is 18.6 Å². The van der Waals surface area contributed by atoms with E-state index in [1.165, 1.54) is 4.90 Å². The average molecular weight is 549 g/mol. The van der Waals surface area contributed by atoms with Gasteiger partial charge in [-0.25, -0.2) is 9.78 Å². The highest BCUT2D eigenvalue weighted by atomic mass is 32.1. The molecule has 4 rings (SSSR count). The number of anilines is 1. The quantitative estimate of drug-likeness (QED) is 0.178. The molecule has 2 aromatic carbocycles. The monoisotopic (exact) mass is 548 g/mol. The maximum atomic E-state index is 13.5. The third-order valence-corrected chi connectivity index (χ3v) is 7.79. The molecule has 1 atom stereocenters. The van der Waals surface area contributed by atoms with Gasteiger partial charge >= 0.3 is 11.9 Å². The molecule has 1 aromatic heterocycles. The summed E-state index contributed by atoms with van der Waals surface area (Å²) in [5.74, 6) is -1.89. The van der Waals surface area contributed by atoms with Gasteiger partial charge < -0.3 is 14.6 Å². The molecule has 1 N–H and O–H groups in total. The van der Waals surface area contributed by atoms with Crippen LogP contribution in [0, 0.1) is 13.8 Å². The number of hydrogen-bond donors (Lipinski definition) is 1. The minimum atomic E-state index is -0.956. The molecule has 0 bridgehead atoms. The van der Waals surface area contributed by atoms with Crippen LogP contribution in [0.25, 0.3) is 5.76 Å². The van der Waals surface area contributed by atoms with Crippen LogP contribution in [-0.4, -0.2) is 41.5 Å². The van der Waals surface area contributed by atoms with E-state index in [9.17, 15) is 19.5 Å². The number of carbonyl (C=O) groups is 3. The van der Waals surface area contributed by atoms with Gasteiger partial charge in [-0.2, -0.15) is 0 Å². The number of methoxy groups -OCH3 is 1. The highest BCUT2D eigenvalue weighted by molar-refractivity contribution is 7.17. The van der Waals surface area contributed by atoms with Crippen LogP contribution >= 0.6 is 11.3 Å². The molecule has 2 heterocycles. The number of esters is 1. The number of aliphatic hydroxyl groups is 1. The maximum Gasteiger partial charge on any atom is 0.350 e. The smallest absolute Gasteiger partial charge is 0.350 e. The lowest BCUT2D eigenvalue weighted by Gasteiger charge is -2.25. The minimum absolute atomic E-state index is 0.0568. The largest absolute Gasteiger partial charge is 0.507 e. The zero-order valence-corrected chi connectivity index (χ0v) is 23.9. The average Bonchev–Trinajstić information content (AvgIpc) is 3.40. The van der Waals surface area contributed by atoms with Crippen LogP contribution in [0.1, 0.15) is 71.4 Å². The number of rotatable bonds is 6. The summed E-state index contributed by atoms with van der Waals surface area (Å²) in [5.41, 5.74) is 3.06. The summed E-state index contributed by atoms with van der Waals surface area (Å²) < 4.78 is 10.5. The van der Waals surface area contributed by atoms with Crippen molar-refractivity contribution in [1.82, 2.24) is 4.98 Å². The second-order valence-corrected chi connectivity index (χ2v) is 11.3. The van der Waals surface area contributed by atoms with Gasteiger partial charge in [0.1, 0.15) is 16.4 Å². The van der Waals surface area contributed by atoms with Gasteiger partial charge in [0.2, 0.25) is 0 Å². The number of aliphatic hydroxyl groups excluding tert-OH is 1. The lowest BCUT2D eigenvalue weighted by atomic mass is 9.85. The van der Waals surface area contributed by atoms with Crippen molar-refractivity contribution in [2.45, 2.75) is 53.0 Å². The molecule has 1 amide bonds. The summed E-state index contributed by atoms with van der Waals surface area (Å²) in [6.45, 7) is 11.6. The molecular weight excluding hydrogens is 516 g/mol. The zero-order chi connectivity index (χ0) is 28.6. The number of carbonyl (C=O) groups excluding carboxylic acids is 3. The Morgan fingerprint density at radius 2 is 1.77 bits per heavy atom. The molecule has 1 saturated heterocycles. The van der Waals surface area contributed by atoms with Gasteiger partial charge in [-0.3, -0.25) is 14.5 Å². The molecule has 1 fully saturated rings. The van der Waals surface area contributed by atoms with Crippen molar-refractivity contribution in [3.05, 3.63) is 80.9 Å². The summed E-state index contributed by atoms with van der Waals surface area (Å²) in [4.78, 5) is 45.5. The Kier molecular flexibility index (Phi) is 7.66. The number of benzene rings is 2. The van der Waals surface area contributed by atoms with Crippen LogP contribution in [0.15, 0.2) is 48.0 Å². The van der Waals surface area contributed by atoms with E-state index in [1.807, 2.05) is 31.2 Å². The maximum absolute atomic E-state index is 13.5. The van der Waals surface area contributed by atoms with Crippen LogP contribution in [0.3, 0.4) is 0 Å². The van der Waals surface area contributed by atoms with E-state index in [0.717, 1.165) is 22.5 Å². The van der Waals surface area contributed by atoms with E-state index < -0.39 is 23.7 Å². The predicted molar refractivity (Wildman–Crippen MR) is 150 cm³/mol. The van der Waals surface area contributed by atoms with Gasteiger partial charge in [0, 0.05) is 5.56 Å². The second kappa shape index (κ2) is 10.6. The number of hydrogen-bond acceptors (Lipinski definition) is 8. The first-order valence-corrected chi connectivity index (χ1v) is 13.4. The number of ether oxygens (including phenoxy) is 2. The number of aromatic nitrogens is 1. The van der Waals surface area contributed by atoms with E-state index in [1.54, 1.807) is 39.2 Å². The Hall–Kier alpha value is -3.98. The first-order chi connectivity index (χ1) is 18.4. The van der Waals surface area contributed by atoms with Crippen molar-refractivity contribution >= 4 is 39.9 Å². The van der Waals surface area contributed by atoms with Gasteiger partial charge in [-0.15, -0.1) is 0 Å². The topological polar surface area (TPSA) is 106 Å². The molecule has 1 unspecified atom stereocenters. The van der Waals surface area contributed by atoms with Crippen LogP contribution in [0.5, 0.6) is 5.75 Å². The molecule has 204 valence electrons. The van der Waals surface area contributed by atoms with Crippen LogP contribution < -0.4 is 9.64 Å². The van der Waals surface area contributed by atoms with Gasteiger partial charge in [-0.1, -0.05) is 56.4 Å². The molecule has 0 aliphatic carbocycles. The molecule has 39 heavy (non-hydrogen) atoms.